The highest BCUT2D eigenvalue weighted by Crippen LogP contribution is 2.13. The summed E-state index contributed by atoms with van der Waals surface area (Å²) in [5.74, 6) is 0. The topological polar surface area (TPSA) is 29.5 Å². The van der Waals surface area contributed by atoms with E-state index in [-0.39, 0.29) is 12.2 Å². The highest BCUT2D eigenvalue weighted by atomic mass is 16.5. The molecule has 66 valence electrons. The third-order valence-corrected chi connectivity index (χ3v) is 1.61. The van der Waals surface area contributed by atoms with Crippen LogP contribution < -0.4 is 0 Å². The second kappa shape index (κ2) is 6.38. The molecule has 2 heteroatoms. The van der Waals surface area contributed by atoms with Crippen molar-refractivity contribution in [3.05, 3.63) is 12.2 Å². The smallest absolute Gasteiger partial charge is 0.101 e. The average Bonchev–Trinajstić information content (AvgIpc) is 2.09. The molecule has 0 radical (unpaired) electrons. The van der Waals surface area contributed by atoms with E-state index < -0.39 is 0 Å². The molecule has 0 aliphatic heterocycles. The lowest BCUT2D eigenvalue weighted by atomic mass is 10.0. The lowest BCUT2D eigenvalue weighted by molar-refractivity contribution is 0.00887. The quantitative estimate of drug-likeness (QED) is 0.589. The number of hydrogen-bond donors (Lipinski definition) is 1. The zero-order valence-electron chi connectivity index (χ0n) is 7.58. The lowest BCUT2D eigenvalue weighted by Gasteiger charge is -2.20. The van der Waals surface area contributed by atoms with Gasteiger partial charge in [-0.2, -0.15) is 0 Å². The number of aliphatic hydroxyl groups excluding tert-OH is 1. The van der Waals surface area contributed by atoms with Gasteiger partial charge < -0.3 is 9.84 Å². The molecule has 0 spiro atoms. The van der Waals surface area contributed by atoms with Crippen molar-refractivity contribution >= 4 is 0 Å². The molecule has 1 rings (SSSR count). The summed E-state index contributed by atoms with van der Waals surface area (Å²) in [7, 11) is 1.61. The first-order valence-electron chi connectivity index (χ1n) is 4.22. The van der Waals surface area contributed by atoms with Crippen molar-refractivity contribution in [3.63, 3.8) is 0 Å². The summed E-state index contributed by atoms with van der Waals surface area (Å²) in [4.78, 5) is 0. The van der Waals surface area contributed by atoms with Gasteiger partial charge in [0.05, 0.1) is 6.10 Å². The van der Waals surface area contributed by atoms with E-state index in [9.17, 15) is 5.11 Å². The molecular formula is C9H18O2. The maximum absolute atomic E-state index is 9.19. The van der Waals surface area contributed by atoms with Crippen LogP contribution in [-0.2, 0) is 4.74 Å². The van der Waals surface area contributed by atoms with Gasteiger partial charge in [0.1, 0.15) is 6.10 Å². The van der Waals surface area contributed by atoms with E-state index in [4.69, 9.17) is 4.74 Å². The fourth-order valence-corrected chi connectivity index (χ4v) is 1.03. The summed E-state index contributed by atoms with van der Waals surface area (Å²) in [5.41, 5.74) is 0. The van der Waals surface area contributed by atoms with Crippen molar-refractivity contribution in [3.8, 4) is 0 Å². The monoisotopic (exact) mass is 158 g/mol. The van der Waals surface area contributed by atoms with E-state index in [1.54, 1.807) is 7.11 Å². The van der Waals surface area contributed by atoms with Crippen LogP contribution >= 0.6 is 0 Å². The number of hydrogen-bond acceptors (Lipinski definition) is 2. The molecule has 0 aromatic heterocycles. The predicted octanol–water partition coefficient (Wildman–Crippen LogP) is 1.74. The maximum Gasteiger partial charge on any atom is 0.101 e. The maximum atomic E-state index is 9.19. The predicted molar refractivity (Wildman–Crippen MR) is 46.5 cm³/mol. The molecule has 1 N–H and O–H groups in total. The number of rotatable bonds is 1. The van der Waals surface area contributed by atoms with Crippen LogP contribution in [0.25, 0.3) is 0 Å². The summed E-state index contributed by atoms with van der Waals surface area (Å²) < 4.78 is 4.97. The number of allylic oxidation sites excluding steroid dienone is 1. The first-order chi connectivity index (χ1) is 5.34. The Balaban J connectivity index is 0.000000461. The zero-order valence-corrected chi connectivity index (χ0v) is 7.58. The molecule has 0 heterocycles. The molecular weight excluding hydrogens is 140 g/mol. The Morgan fingerprint density at radius 2 is 2.09 bits per heavy atom. The molecule has 0 saturated heterocycles. The van der Waals surface area contributed by atoms with Gasteiger partial charge in [-0.05, 0) is 12.8 Å². The molecule has 2 unspecified atom stereocenters. The van der Waals surface area contributed by atoms with Gasteiger partial charge in [-0.3, -0.25) is 0 Å². The summed E-state index contributed by atoms with van der Waals surface area (Å²) in [6.45, 7) is 4.00. The molecule has 0 saturated carbocycles. The SMILES string of the molecule is CC.COC1C=CCCC1O. The Morgan fingerprint density at radius 1 is 1.45 bits per heavy atom. The fraction of sp³-hybridized carbons (Fsp3) is 0.778. The van der Waals surface area contributed by atoms with Crippen molar-refractivity contribution in [2.75, 3.05) is 7.11 Å². The van der Waals surface area contributed by atoms with Crippen molar-refractivity contribution in [2.45, 2.75) is 38.9 Å². The molecule has 0 bridgehead atoms. The van der Waals surface area contributed by atoms with Gasteiger partial charge in [0.25, 0.3) is 0 Å². The third-order valence-electron chi connectivity index (χ3n) is 1.61. The Morgan fingerprint density at radius 3 is 2.45 bits per heavy atom. The molecule has 11 heavy (non-hydrogen) atoms. The largest absolute Gasteiger partial charge is 0.390 e. The lowest BCUT2D eigenvalue weighted by Crippen LogP contribution is -2.27. The van der Waals surface area contributed by atoms with Gasteiger partial charge >= 0.3 is 0 Å². The van der Waals surface area contributed by atoms with Crippen molar-refractivity contribution in [1.29, 1.82) is 0 Å². The zero-order chi connectivity index (χ0) is 8.69. The minimum atomic E-state index is -0.292. The van der Waals surface area contributed by atoms with E-state index in [1.807, 2.05) is 26.0 Å². The molecule has 0 aromatic carbocycles. The summed E-state index contributed by atoms with van der Waals surface area (Å²) in [6.07, 6.45) is 5.39. The fourth-order valence-electron chi connectivity index (χ4n) is 1.03. The highest BCUT2D eigenvalue weighted by Gasteiger charge is 2.17. The number of methoxy groups -OCH3 is 1. The first-order valence-corrected chi connectivity index (χ1v) is 4.22. The van der Waals surface area contributed by atoms with Crippen LogP contribution in [0.2, 0.25) is 0 Å². The van der Waals surface area contributed by atoms with E-state index in [0.29, 0.717) is 0 Å². The van der Waals surface area contributed by atoms with E-state index >= 15 is 0 Å². The second-order valence-corrected chi connectivity index (χ2v) is 2.27. The molecule has 0 fully saturated rings. The molecule has 0 aromatic rings. The van der Waals surface area contributed by atoms with Gasteiger partial charge in [-0.25, -0.2) is 0 Å². The van der Waals surface area contributed by atoms with Crippen LogP contribution in [0.3, 0.4) is 0 Å². The molecule has 2 atom stereocenters. The van der Waals surface area contributed by atoms with E-state index in [0.717, 1.165) is 12.8 Å². The van der Waals surface area contributed by atoms with Crippen LogP contribution in [0.5, 0.6) is 0 Å². The average molecular weight is 158 g/mol. The van der Waals surface area contributed by atoms with Crippen LogP contribution in [0.4, 0.5) is 0 Å². The summed E-state index contributed by atoms with van der Waals surface area (Å²) in [6, 6.07) is 0. The number of aliphatic hydroxyl groups is 1. The molecule has 0 amide bonds. The summed E-state index contributed by atoms with van der Waals surface area (Å²) in [5, 5.41) is 9.19. The Kier molecular flexibility index (Phi) is 6.18. The van der Waals surface area contributed by atoms with E-state index in [2.05, 4.69) is 0 Å². The van der Waals surface area contributed by atoms with Gasteiger partial charge in [0.15, 0.2) is 0 Å². The normalized spacial score (nSPS) is 29.1. The standard InChI is InChI=1S/C7H12O2.C2H6/c1-9-7-5-3-2-4-6(7)8;1-2/h3,5-8H,2,4H2,1H3;1-2H3. The first kappa shape index (κ1) is 10.7. The Labute approximate surface area is 68.9 Å². The minimum Gasteiger partial charge on any atom is -0.390 e. The van der Waals surface area contributed by atoms with Crippen molar-refractivity contribution < 1.29 is 9.84 Å². The Hall–Kier alpha value is -0.340. The molecule has 1 aliphatic carbocycles. The van der Waals surface area contributed by atoms with Crippen LogP contribution in [0.15, 0.2) is 12.2 Å². The number of ether oxygens (including phenoxy) is 1. The van der Waals surface area contributed by atoms with Gasteiger partial charge in [0.2, 0.25) is 0 Å². The second-order valence-electron chi connectivity index (χ2n) is 2.27. The van der Waals surface area contributed by atoms with Gasteiger partial charge in [-0.1, -0.05) is 26.0 Å². The van der Waals surface area contributed by atoms with Crippen molar-refractivity contribution in [2.24, 2.45) is 0 Å². The van der Waals surface area contributed by atoms with Gasteiger partial charge in [0, 0.05) is 7.11 Å². The van der Waals surface area contributed by atoms with Crippen LogP contribution in [0.1, 0.15) is 26.7 Å². The highest BCUT2D eigenvalue weighted by molar-refractivity contribution is 4.98. The Bertz CT molecular complexity index is 110. The summed E-state index contributed by atoms with van der Waals surface area (Å²) >= 11 is 0. The third kappa shape index (κ3) is 3.54. The minimum absolute atomic E-state index is 0.0706. The van der Waals surface area contributed by atoms with Crippen molar-refractivity contribution in [1.82, 2.24) is 0 Å². The molecule has 2 nitrogen and oxygen atoms in total. The van der Waals surface area contributed by atoms with Crippen LogP contribution in [0, 0.1) is 0 Å². The van der Waals surface area contributed by atoms with E-state index in [1.165, 1.54) is 0 Å². The molecule has 1 aliphatic rings. The van der Waals surface area contributed by atoms with Gasteiger partial charge in [-0.15, -0.1) is 0 Å². The van der Waals surface area contributed by atoms with Crippen LogP contribution in [-0.4, -0.2) is 24.4 Å².